The molecule has 28 heavy (non-hydrogen) atoms. The summed E-state index contributed by atoms with van der Waals surface area (Å²) < 4.78 is 5.21. The molecule has 152 valence electrons. The number of fused-ring (bicyclic) bond motifs is 1. The van der Waals surface area contributed by atoms with Gasteiger partial charge in [-0.3, -0.25) is 9.59 Å². The Bertz CT molecular complexity index is 843. The maximum Gasteiger partial charge on any atom is 0.309 e. The van der Waals surface area contributed by atoms with Crippen molar-refractivity contribution in [1.82, 2.24) is 15.3 Å². The van der Waals surface area contributed by atoms with Gasteiger partial charge < -0.3 is 15.0 Å². The summed E-state index contributed by atoms with van der Waals surface area (Å²) in [5.74, 6) is 0.280. The quantitative estimate of drug-likeness (QED) is 0.564. The zero-order valence-corrected chi connectivity index (χ0v) is 17.6. The molecule has 0 aliphatic carbocycles. The van der Waals surface area contributed by atoms with Crippen molar-refractivity contribution in [2.45, 2.75) is 46.5 Å². The second-order valence-corrected chi connectivity index (χ2v) is 8.44. The Morgan fingerprint density at radius 3 is 2.75 bits per heavy atom. The number of rotatable bonds is 7. The van der Waals surface area contributed by atoms with Crippen LogP contribution in [-0.4, -0.2) is 48.1 Å². The Labute approximate surface area is 169 Å². The van der Waals surface area contributed by atoms with Crippen molar-refractivity contribution in [1.29, 1.82) is 0 Å². The number of carbonyl (C=O) groups is 2. The number of unbranched alkanes of at least 4 members (excludes halogenated alkanes) is 1. The minimum atomic E-state index is -0.277. The molecule has 2 aromatic heterocycles. The van der Waals surface area contributed by atoms with Crippen LogP contribution in [0.2, 0.25) is 0 Å². The molecule has 1 saturated heterocycles. The number of hydrogen-bond donors (Lipinski definition) is 1. The van der Waals surface area contributed by atoms with E-state index >= 15 is 0 Å². The number of aromatic nitrogens is 2. The Morgan fingerprint density at radius 2 is 2.04 bits per heavy atom. The van der Waals surface area contributed by atoms with Crippen molar-refractivity contribution < 1.29 is 14.3 Å². The van der Waals surface area contributed by atoms with Crippen LogP contribution >= 0.6 is 11.3 Å². The number of thiophene rings is 1. The van der Waals surface area contributed by atoms with Gasteiger partial charge >= 0.3 is 5.97 Å². The lowest BCUT2D eigenvalue weighted by atomic mass is 9.97. The van der Waals surface area contributed by atoms with E-state index in [0.29, 0.717) is 19.4 Å². The van der Waals surface area contributed by atoms with Crippen LogP contribution in [-0.2, 0) is 14.3 Å². The van der Waals surface area contributed by atoms with Crippen molar-refractivity contribution in [3.05, 3.63) is 16.8 Å². The average molecular weight is 405 g/mol. The summed E-state index contributed by atoms with van der Waals surface area (Å²) in [7, 11) is 0. The van der Waals surface area contributed by atoms with Crippen LogP contribution in [0.25, 0.3) is 10.2 Å². The van der Waals surface area contributed by atoms with Crippen molar-refractivity contribution in [3.63, 3.8) is 0 Å². The standard InChI is InChI=1S/C20H28N4O3S/c1-4-5-8-21-16(25)11-27-20(26)15-6-9-24(10-7-15)18-17-13(2)14(3)28-19(17)23-12-22-18/h12,15H,4-11H2,1-3H3,(H,21,25). The van der Waals surface area contributed by atoms with Crippen LogP contribution in [0.5, 0.6) is 0 Å². The molecule has 7 nitrogen and oxygen atoms in total. The Morgan fingerprint density at radius 1 is 1.29 bits per heavy atom. The van der Waals surface area contributed by atoms with Gasteiger partial charge in [0.25, 0.3) is 5.91 Å². The molecule has 0 saturated carbocycles. The van der Waals surface area contributed by atoms with Gasteiger partial charge in [0.05, 0.1) is 11.3 Å². The van der Waals surface area contributed by atoms with E-state index < -0.39 is 0 Å². The highest BCUT2D eigenvalue weighted by Crippen LogP contribution is 2.35. The normalized spacial score (nSPS) is 15.0. The lowest BCUT2D eigenvalue weighted by Crippen LogP contribution is -2.38. The summed E-state index contributed by atoms with van der Waals surface area (Å²) >= 11 is 1.69. The van der Waals surface area contributed by atoms with Gasteiger partial charge in [0, 0.05) is 24.5 Å². The molecule has 3 rings (SSSR count). The van der Waals surface area contributed by atoms with E-state index in [2.05, 4.69) is 41.0 Å². The molecule has 0 atom stereocenters. The smallest absolute Gasteiger partial charge is 0.309 e. The van der Waals surface area contributed by atoms with E-state index in [1.165, 1.54) is 10.4 Å². The summed E-state index contributed by atoms with van der Waals surface area (Å²) in [6, 6.07) is 0. The van der Waals surface area contributed by atoms with Gasteiger partial charge in [-0.2, -0.15) is 0 Å². The van der Waals surface area contributed by atoms with E-state index in [1.807, 2.05) is 0 Å². The molecular formula is C20H28N4O3S. The second-order valence-electron chi connectivity index (χ2n) is 7.23. The molecular weight excluding hydrogens is 376 g/mol. The summed E-state index contributed by atoms with van der Waals surface area (Å²) in [5, 5.41) is 3.88. The van der Waals surface area contributed by atoms with Gasteiger partial charge in [0.15, 0.2) is 6.61 Å². The molecule has 0 aromatic carbocycles. The van der Waals surface area contributed by atoms with Gasteiger partial charge in [-0.1, -0.05) is 13.3 Å². The fraction of sp³-hybridized carbons (Fsp3) is 0.600. The predicted octanol–water partition coefficient (Wildman–Crippen LogP) is 2.98. The summed E-state index contributed by atoms with van der Waals surface area (Å²) in [4.78, 5) is 37.4. The number of anilines is 1. The highest BCUT2D eigenvalue weighted by atomic mass is 32.1. The predicted molar refractivity (Wildman–Crippen MR) is 111 cm³/mol. The van der Waals surface area contributed by atoms with Crippen molar-refractivity contribution in [3.8, 4) is 0 Å². The number of piperidine rings is 1. The van der Waals surface area contributed by atoms with Crippen LogP contribution in [0.1, 0.15) is 43.0 Å². The summed E-state index contributed by atoms with van der Waals surface area (Å²) in [5.41, 5.74) is 1.23. The molecule has 1 fully saturated rings. The highest BCUT2D eigenvalue weighted by Gasteiger charge is 2.28. The number of carbonyl (C=O) groups excluding carboxylic acids is 2. The minimum absolute atomic E-state index is 0.165. The number of nitrogens with one attached hydrogen (secondary N) is 1. The molecule has 1 aliphatic rings. The monoisotopic (exact) mass is 404 g/mol. The van der Waals surface area contributed by atoms with Crippen LogP contribution in [0, 0.1) is 19.8 Å². The topological polar surface area (TPSA) is 84.4 Å². The second kappa shape index (κ2) is 9.32. The van der Waals surface area contributed by atoms with Crippen molar-refractivity contribution in [2.24, 2.45) is 5.92 Å². The van der Waals surface area contributed by atoms with Gasteiger partial charge in [-0.05, 0) is 38.7 Å². The summed E-state index contributed by atoms with van der Waals surface area (Å²) in [6.45, 7) is 8.18. The lowest BCUT2D eigenvalue weighted by Gasteiger charge is -2.32. The lowest BCUT2D eigenvalue weighted by molar-refractivity contribution is -0.153. The zero-order valence-electron chi connectivity index (χ0n) is 16.8. The van der Waals surface area contributed by atoms with E-state index in [0.717, 1.165) is 42.0 Å². The number of hydrogen-bond acceptors (Lipinski definition) is 7. The zero-order chi connectivity index (χ0) is 20.1. The molecule has 0 spiro atoms. The molecule has 3 heterocycles. The molecule has 1 N–H and O–H groups in total. The third kappa shape index (κ3) is 4.60. The largest absolute Gasteiger partial charge is 0.455 e. The van der Waals surface area contributed by atoms with Crippen LogP contribution in [0.3, 0.4) is 0 Å². The van der Waals surface area contributed by atoms with Crippen LogP contribution in [0.15, 0.2) is 6.33 Å². The fourth-order valence-electron chi connectivity index (χ4n) is 3.44. The van der Waals surface area contributed by atoms with Crippen molar-refractivity contribution in [2.75, 3.05) is 31.1 Å². The molecule has 0 unspecified atom stereocenters. The van der Waals surface area contributed by atoms with E-state index in [1.54, 1.807) is 17.7 Å². The molecule has 1 amide bonds. The number of ether oxygens (including phenoxy) is 1. The first-order valence-corrected chi connectivity index (χ1v) is 10.7. The molecule has 0 bridgehead atoms. The average Bonchev–Trinajstić information content (AvgIpc) is 3.00. The van der Waals surface area contributed by atoms with Crippen LogP contribution < -0.4 is 10.2 Å². The number of esters is 1. The van der Waals surface area contributed by atoms with Gasteiger partial charge in [-0.25, -0.2) is 9.97 Å². The Hall–Kier alpha value is -2.22. The van der Waals surface area contributed by atoms with E-state index in [9.17, 15) is 9.59 Å². The van der Waals surface area contributed by atoms with Gasteiger partial charge in [0.1, 0.15) is 17.0 Å². The SMILES string of the molecule is CCCCNC(=O)COC(=O)C1CCN(c2ncnc3sc(C)c(C)c23)CC1. The maximum absolute atomic E-state index is 12.3. The third-order valence-corrected chi connectivity index (χ3v) is 6.39. The van der Waals surface area contributed by atoms with E-state index in [4.69, 9.17) is 4.74 Å². The first-order valence-electron chi connectivity index (χ1n) is 9.90. The van der Waals surface area contributed by atoms with Crippen molar-refractivity contribution >= 4 is 39.2 Å². The highest BCUT2D eigenvalue weighted by molar-refractivity contribution is 7.18. The minimum Gasteiger partial charge on any atom is -0.455 e. The Balaban J connectivity index is 1.53. The third-order valence-electron chi connectivity index (χ3n) is 5.27. The molecule has 2 aromatic rings. The molecule has 0 radical (unpaired) electrons. The molecule has 1 aliphatic heterocycles. The first-order chi connectivity index (χ1) is 13.5. The number of amides is 1. The fourth-order valence-corrected chi connectivity index (χ4v) is 4.43. The summed E-state index contributed by atoms with van der Waals surface area (Å²) in [6.07, 6.45) is 4.96. The first kappa shape index (κ1) is 20.5. The Kier molecular flexibility index (Phi) is 6.83. The van der Waals surface area contributed by atoms with Gasteiger partial charge in [-0.15, -0.1) is 11.3 Å². The van der Waals surface area contributed by atoms with E-state index in [-0.39, 0.29) is 24.4 Å². The number of aryl methyl sites for hydroxylation is 2. The molecule has 8 heteroatoms. The maximum atomic E-state index is 12.3. The van der Waals surface area contributed by atoms with Gasteiger partial charge in [0.2, 0.25) is 0 Å². The van der Waals surface area contributed by atoms with Crippen LogP contribution in [0.4, 0.5) is 5.82 Å². The number of nitrogens with zero attached hydrogens (tertiary/aromatic N) is 3.